The molecule has 2 atom stereocenters. The highest BCUT2D eigenvalue weighted by atomic mass is 32.2. The first-order chi connectivity index (χ1) is 5.76. The van der Waals surface area contributed by atoms with Crippen molar-refractivity contribution in [1.29, 1.82) is 0 Å². The molecule has 0 aromatic heterocycles. The maximum Gasteiger partial charge on any atom is 0.00641 e. The summed E-state index contributed by atoms with van der Waals surface area (Å²) >= 11 is 2.05. The van der Waals surface area contributed by atoms with E-state index < -0.39 is 0 Å². The summed E-state index contributed by atoms with van der Waals surface area (Å²) in [5, 5.41) is 3.33. The van der Waals surface area contributed by atoms with Gasteiger partial charge in [-0.25, -0.2) is 0 Å². The van der Waals surface area contributed by atoms with Crippen LogP contribution in [0, 0.1) is 5.92 Å². The van der Waals surface area contributed by atoms with E-state index in [-0.39, 0.29) is 0 Å². The van der Waals surface area contributed by atoms with E-state index in [9.17, 15) is 0 Å². The molecule has 0 aliphatic carbocycles. The Morgan fingerprint density at radius 1 is 1.33 bits per heavy atom. The van der Waals surface area contributed by atoms with Gasteiger partial charge in [-0.1, -0.05) is 20.3 Å². The summed E-state index contributed by atoms with van der Waals surface area (Å²) in [4.78, 5) is 0. The summed E-state index contributed by atoms with van der Waals surface area (Å²) < 4.78 is 0. The van der Waals surface area contributed by atoms with Crippen molar-refractivity contribution in [2.45, 2.75) is 39.7 Å². The van der Waals surface area contributed by atoms with Gasteiger partial charge in [0, 0.05) is 6.04 Å². The minimum Gasteiger partial charge on any atom is -0.317 e. The SMILES string of the molecule is CCSCCC(CC)C(C)NC. The lowest BCUT2D eigenvalue weighted by Gasteiger charge is -2.21. The average molecular weight is 189 g/mol. The largest absolute Gasteiger partial charge is 0.317 e. The average Bonchev–Trinajstić information content (AvgIpc) is 2.11. The van der Waals surface area contributed by atoms with Crippen molar-refractivity contribution >= 4 is 11.8 Å². The van der Waals surface area contributed by atoms with E-state index in [2.05, 4.69) is 44.9 Å². The Bertz CT molecular complexity index is 95.8. The highest BCUT2D eigenvalue weighted by Gasteiger charge is 2.12. The number of thioether (sulfide) groups is 1. The molecule has 0 aliphatic heterocycles. The van der Waals surface area contributed by atoms with Crippen LogP contribution in [-0.2, 0) is 0 Å². The molecule has 0 spiro atoms. The Morgan fingerprint density at radius 3 is 2.42 bits per heavy atom. The monoisotopic (exact) mass is 189 g/mol. The molecule has 12 heavy (non-hydrogen) atoms. The Hall–Kier alpha value is 0.310. The third kappa shape index (κ3) is 5.04. The van der Waals surface area contributed by atoms with Gasteiger partial charge in [-0.15, -0.1) is 0 Å². The highest BCUT2D eigenvalue weighted by Crippen LogP contribution is 2.16. The summed E-state index contributed by atoms with van der Waals surface area (Å²) in [6.45, 7) is 6.80. The van der Waals surface area contributed by atoms with Crippen molar-refractivity contribution < 1.29 is 0 Å². The van der Waals surface area contributed by atoms with Gasteiger partial charge >= 0.3 is 0 Å². The highest BCUT2D eigenvalue weighted by molar-refractivity contribution is 7.99. The molecule has 0 heterocycles. The third-order valence-electron chi connectivity index (χ3n) is 2.52. The van der Waals surface area contributed by atoms with Crippen LogP contribution in [0.1, 0.15) is 33.6 Å². The van der Waals surface area contributed by atoms with E-state index in [1.165, 1.54) is 24.3 Å². The number of nitrogens with one attached hydrogen (secondary N) is 1. The fourth-order valence-electron chi connectivity index (χ4n) is 1.42. The van der Waals surface area contributed by atoms with Gasteiger partial charge in [0.2, 0.25) is 0 Å². The molecule has 2 unspecified atom stereocenters. The standard InChI is InChI=1S/C10H23NS/c1-5-10(9(3)11-4)7-8-12-6-2/h9-11H,5-8H2,1-4H3. The molecule has 0 saturated carbocycles. The molecule has 1 nitrogen and oxygen atoms in total. The summed E-state index contributed by atoms with van der Waals surface area (Å²) in [5.74, 6) is 3.43. The first-order valence-electron chi connectivity index (χ1n) is 5.01. The number of rotatable bonds is 7. The molecule has 0 rings (SSSR count). The predicted molar refractivity (Wildman–Crippen MR) is 59.9 cm³/mol. The van der Waals surface area contributed by atoms with Gasteiger partial charge in [0.1, 0.15) is 0 Å². The van der Waals surface area contributed by atoms with Crippen molar-refractivity contribution in [2.24, 2.45) is 5.92 Å². The minimum atomic E-state index is 0.674. The lowest BCUT2D eigenvalue weighted by atomic mass is 9.96. The summed E-state index contributed by atoms with van der Waals surface area (Å²) in [6, 6.07) is 0.674. The molecule has 0 aliphatic rings. The lowest BCUT2D eigenvalue weighted by Crippen LogP contribution is -2.30. The van der Waals surface area contributed by atoms with E-state index in [4.69, 9.17) is 0 Å². The van der Waals surface area contributed by atoms with Crippen molar-refractivity contribution in [3.05, 3.63) is 0 Å². The summed E-state index contributed by atoms with van der Waals surface area (Å²) in [6.07, 6.45) is 2.66. The lowest BCUT2D eigenvalue weighted by molar-refractivity contribution is 0.375. The van der Waals surface area contributed by atoms with Gasteiger partial charge < -0.3 is 5.32 Å². The fourth-order valence-corrected chi connectivity index (χ4v) is 2.18. The zero-order valence-electron chi connectivity index (χ0n) is 8.89. The van der Waals surface area contributed by atoms with Crippen LogP contribution in [-0.4, -0.2) is 24.6 Å². The van der Waals surface area contributed by atoms with Gasteiger partial charge in [-0.2, -0.15) is 11.8 Å². The zero-order valence-corrected chi connectivity index (χ0v) is 9.71. The quantitative estimate of drug-likeness (QED) is 0.618. The Balaban J connectivity index is 3.52. The van der Waals surface area contributed by atoms with Gasteiger partial charge in [-0.3, -0.25) is 0 Å². The van der Waals surface area contributed by atoms with Gasteiger partial charge in [0.25, 0.3) is 0 Å². The van der Waals surface area contributed by atoms with Crippen LogP contribution in [0.5, 0.6) is 0 Å². The zero-order chi connectivity index (χ0) is 9.40. The third-order valence-corrected chi connectivity index (χ3v) is 3.46. The molecule has 0 saturated heterocycles. The maximum absolute atomic E-state index is 3.33. The van der Waals surface area contributed by atoms with Crippen LogP contribution in [0.25, 0.3) is 0 Å². The summed E-state index contributed by atoms with van der Waals surface area (Å²) in [5.41, 5.74) is 0. The normalized spacial score (nSPS) is 16.0. The van der Waals surface area contributed by atoms with E-state index >= 15 is 0 Å². The molecule has 0 amide bonds. The second-order valence-corrected chi connectivity index (χ2v) is 4.63. The van der Waals surface area contributed by atoms with Crippen molar-refractivity contribution in [3.8, 4) is 0 Å². The van der Waals surface area contributed by atoms with Gasteiger partial charge in [0.15, 0.2) is 0 Å². The Labute approximate surface area is 81.7 Å². The molecule has 0 aromatic rings. The molecule has 1 N–H and O–H groups in total. The van der Waals surface area contributed by atoms with Crippen molar-refractivity contribution in [1.82, 2.24) is 5.32 Å². The van der Waals surface area contributed by atoms with Crippen LogP contribution in [0.4, 0.5) is 0 Å². The first-order valence-corrected chi connectivity index (χ1v) is 6.16. The molecule has 0 radical (unpaired) electrons. The second kappa shape index (κ2) is 7.93. The predicted octanol–water partition coefficient (Wildman–Crippen LogP) is 2.76. The van der Waals surface area contributed by atoms with E-state index in [1.807, 2.05) is 0 Å². The van der Waals surface area contributed by atoms with Crippen LogP contribution in [0.15, 0.2) is 0 Å². The van der Waals surface area contributed by atoms with Gasteiger partial charge in [-0.05, 0) is 37.8 Å². The maximum atomic E-state index is 3.33. The Kier molecular flexibility index (Phi) is 8.14. The van der Waals surface area contributed by atoms with Crippen molar-refractivity contribution in [2.75, 3.05) is 18.6 Å². The van der Waals surface area contributed by atoms with Gasteiger partial charge in [0.05, 0.1) is 0 Å². The second-order valence-electron chi connectivity index (χ2n) is 3.23. The van der Waals surface area contributed by atoms with E-state index in [0.717, 1.165) is 5.92 Å². The number of hydrogen-bond donors (Lipinski definition) is 1. The molecule has 0 fully saturated rings. The number of hydrogen-bond acceptors (Lipinski definition) is 2. The van der Waals surface area contributed by atoms with E-state index in [1.54, 1.807) is 0 Å². The molecular weight excluding hydrogens is 166 g/mol. The molecule has 0 aromatic carbocycles. The Morgan fingerprint density at radius 2 is 2.00 bits per heavy atom. The topological polar surface area (TPSA) is 12.0 Å². The van der Waals surface area contributed by atoms with E-state index in [0.29, 0.717) is 6.04 Å². The molecule has 74 valence electrons. The first kappa shape index (κ1) is 12.3. The van der Waals surface area contributed by atoms with Crippen molar-refractivity contribution in [3.63, 3.8) is 0 Å². The molecule has 0 bridgehead atoms. The smallest absolute Gasteiger partial charge is 0.00641 e. The van der Waals surface area contributed by atoms with Crippen LogP contribution in [0.2, 0.25) is 0 Å². The van der Waals surface area contributed by atoms with Crippen LogP contribution >= 0.6 is 11.8 Å². The minimum absolute atomic E-state index is 0.674. The molecule has 2 heteroatoms. The molecular formula is C10H23NS. The van der Waals surface area contributed by atoms with Crippen LogP contribution < -0.4 is 5.32 Å². The van der Waals surface area contributed by atoms with Crippen LogP contribution in [0.3, 0.4) is 0 Å². The summed E-state index contributed by atoms with van der Waals surface area (Å²) in [7, 11) is 2.06. The fraction of sp³-hybridized carbons (Fsp3) is 1.00.